The Morgan fingerprint density at radius 1 is 1.12 bits per heavy atom. The molecule has 1 fully saturated rings. The summed E-state index contributed by atoms with van der Waals surface area (Å²) in [7, 11) is 1.50. The van der Waals surface area contributed by atoms with Crippen LogP contribution in [0, 0.1) is 0 Å². The number of hydrogen-bond acceptors (Lipinski definition) is 5. The SMILES string of the molecule is COc1ccc(N2CCN(C(=O)OC(C)(C)C)CC2)c(C(=O)O)c1. The first kappa shape index (κ1) is 17.9. The highest BCUT2D eigenvalue weighted by Crippen LogP contribution is 2.27. The van der Waals surface area contributed by atoms with Gasteiger partial charge in [-0.3, -0.25) is 0 Å². The van der Waals surface area contributed by atoms with E-state index in [2.05, 4.69) is 0 Å². The molecule has 1 aliphatic rings. The second-order valence-corrected chi connectivity index (χ2v) is 6.64. The molecule has 24 heavy (non-hydrogen) atoms. The molecule has 0 aliphatic carbocycles. The summed E-state index contributed by atoms with van der Waals surface area (Å²) in [6, 6.07) is 4.99. The zero-order chi connectivity index (χ0) is 17.9. The number of aromatic carboxylic acids is 1. The number of methoxy groups -OCH3 is 1. The molecule has 0 radical (unpaired) electrons. The topological polar surface area (TPSA) is 79.3 Å². The number of carboxylic acids is 1. The number of carbonyl (C=O) groups excluding carboxylic acids is 1. The van der Waals surface area contributed by atoms with Crippen LogP contribution in [0.15, 0.2) is 18.2 Å². The van der Waals surface area contributed by atoms with Crippen LogP contribution in [0.1, 0.15) is 31.1 Å². The lowest BCUT2D eigenvalue weighted by molar-refractivity contribution is 0.0240. The van der Waals surface area contributed by atoms with Crippen molar-refractivity contribution >= 4 is 17.7 Å². The molecule has 1 aliphatic heterocycles. The van der Waals surface area contributed by atoms with Gasteiger partial charge in [0.25, 0.3) is 0 Å². The maximum absolute atomic E-state index is 12.1. The number of amides is 1. The van der Waals surface area contributed by atoms with Gasteiger partial charge in [0, 0.05) is 26.2 Å². The summed E-state index contributed by atoms with van der Waals surface area (Å²) in [6.07, 6.45) is -0.338. The Morgan fingerprint density at radius 2 is 1.75 bits per heavy atom. The van der Waals surface area contributed by atoms with E-state index in [1.807, 2.05) is 25.7 Å². The van der Waals surface area contributed by atoms with Crippen LogP contribution in [-0.4, -0.2) is 61.0 Å². The third-order valence-corrected chi connectivity index (χ3v) is 3.71. The highest BCUT2D eigenvalue weighted by Gasteiger charge is 2.27. The molecule has 1 aromatic carbocycles. The first-order valence-electron chi connectivity index (χ1n) is 7.85. The summed E-state index contributed by atoms with van der Waals surface area (Å²) in [5, 5.41) is 9.42. The van der Waals surface area contributed by atoms with E-state index in [0.29, 0.717) is 37.6 Å². The summed E-state index contributed by atoms with van der Waals surface area (Å²) in [5.74, 6) is -0.498. The van der Waals surface area contributed by atoms with E-state index in [-0.39, 0.29) is 11.7 Å². The first-order chi connectivity index (χ1) is 11.2. The average Bonchev–Trinajstić information content (AvgIpc) is 2.52. The Balaban J connectivity index is 2.07. The van der Waals surface area contributed by atoms with Crippen LogP contribution in [-0.2, 0) is 4.74 Å². The summed E-state index contributed by atoms with van der Waals surface area (Å²) >= 11 is 0. The summed E-state index contributed by atoms with van der Waals surface area (Å²) < 4.78 is 10.5. The van der Waals surface area contributed by atoms with E-state index in [1.54, 1.807) is 17.0 Å². The number of ether oxygens (including phenoxy) is 2. The minimum Gasteiger partial charge on any atom is -0.497 e. The van der Waals surface area contributed by atoms with Crippen molar-refractivity contribution in [1.29, 1.82) is 0 Å². The van der Waals surface area contributed by atoms with Gasteiger partial charge in [-0.2, -0.15) is 0 Å². The van der Waals surface area contributed by atoms with Crippen molar-refractivity contribution in [3.8, 4) is 5.75 Å². The van der Waals surface area contributed by atoms with Gasteiger partial charge in [-0.15, -0.1) is 0 Å². The zero-order valence-electron chi connectivity index (χ0n) is 14.5. The highest BCUT2D eigenvalue weighted by molar-refractivity contribution is 5.95. The lowest BCUT2D eigenvalue weighted by Gasteiger charge is -2.37. The molecule has 0 aromatic heterocycles. The van der Waals surface area contributed by atoms with Crippen molar-refractivity contribution in [2.24, 2.45) is 0 Å². The van der Waals surface area contributed by atoms with Gasteiger partial charge < -0.3 is 24.4 Å². The lowest BCUT2D eigenvalue weighted by Crippen LogP contribution is -2.50. The normalized spacial score (nSPS) is 15.2. The van der Waals surface area contributed by atoms with Gasteiger partial charge in [-0.25, -0.2) is 9.59 Å². The van der Waals surface area contributed by atoms with Crippen LogP contribution >= 0.6 is 0 Å². The molecule has 0 saturated carbocycles. The number of carbonyl (C=O) groups is 2. The molecule has 1 heterocycles. The quantitative estimate of drug-likeness (QED) is 0.913. The van der Waals surface area contributed by atoms with Crippen molar-refractivity contribution in [2.45, 2.75) is 26.4 Å². The summed E-state index contributed by atoms with van der Waals surface area (Å²) in [5.41, 5.74) is 0.299. The molecule has 1 amide bonds. The van der Waals surface area contributed by atoms with Crippen LogP contribution in [0.5, 0.6) is 5.75 Å². The Morgan fingerprint density at radius 3 is 2.25 bits per heavy atom. The van der Waals surface area contributed by atoms with Crippen molar-refractivity contribution in [3.05, 3.63) is 23.8 Å². The highest BCUT2D eigenvalue weighted by atomic mass is 16.6. The van der Waals surface area contributed by atoms with Crippen LogP contribution < -0.4 is 9.64 Å². The Kier molecular flexibility index (Phi) is 5.21. The van der Waals surface area contributed by atoms with Crippen LogP contribution in [0.25, 0.3) is 0 Å². The number of hydrogen-bond donors (Lipinski definition) is 1. The largest absolute Gasteiger partial charge is 0.497 e. The Hall–Kier alpha value is -2.44. The molecule has 132 valence electrons. The van der Waals surface area contributed by atoms with Crippen LogP contribution in [0.2, 0.25) is 0 Å². The fraction of sp³-hybridized carbons (Fsp3) is 0.529. The molecule has 1 saturated heterocycles. The third kappa shape index (κ3) is 4.31. The summed E-state index contributed by atoms with van der Waals surface area (Å²) in [6.45, 7) is 7.56. The van der Waals surface area contributed by atoms with Gasteiger partial charge in [0.05, 0.1) is 18.4 Å². The predicted molar refractivity (Wildman–Crippen MR) is 90.0 cm³/mol. The fourth-order valence-electron chi connectivity index (χ4n) is 2.55. The Bertz CT molecular complexity index is 616. The van der Waals surface area contributed by atoms with E-state index in [9.17, 15) is 14.7 Å². The van der Waals surface area contributed by atoms with E-state index in [4.69, 9.17) is 9.47 Å². The molecule has 2 rings (SSSR count). The average molecular weight is 336 g/mol. The molecule has 0 bridgehead atoms. The third-order valence-electron chi connectivity index (χ3n) is 3.71. The van der Waals surface area contributed by atoms with Gasteiger partial charge in [0.2, 0.25) is 0 Å². The second-order valence-electron chi connectivity index (χ2n) is 6.64. The van der Waals surface area contributed by atoms with Crippen molar-refractivity contribution in [2.75, 3.05) is 38.2 Å². The van der Waals surface area contributed by atoms with Gasteiger partial charge in [-0.05, 0) is 39.0 Å². The number of anilines is 1. The standard InChI is InChI=1S/C17H24N2O5/c1-17(2,3)24-16(22)19-9-7-18(8-10-19)14-6-5-12(23-4)11-13(14)15(20)21/h5-6,11H,7-10H2,1-4H3,(H,20,21). The second kappa shape index (κ2) is 6.98. The summed E-state index contributed by atoms with van der Waals surface area (Å²) in [4.78, 5) is 27.2. The maximum atomic E-state index is 12.1. The van der Waals surface area contributed by atoms with Gasteiger partial charge in [0.15, 0.2) is 0 Å². The van der Waals surface area contributed by atoms with Crippen molar-refractivity contribution < 1.29 is 24.2 Å². The first-order valence-corrected chi connectivity index (χ1v) is 7.85. The molecule has 7 nitrogen and oxygen atoms in total. The van der Waals surface area contributed by atoms with Gasteiger partial charge in [-0.1, -0.05) is 0 Å². The van der Waals surface area contributed by atoms with Crippen LogP contribution in [0.4, 0.5) is 10.5 Å². The van der Waals surface area contributed by atoms with E-state index >= 15 is 0 Å². The zero-order valence-corrected chi connectivity index (χ0v) is 14.5. The molecule has 1 aromatic rings. The maximum Gasteiger partial charge on any atom is 0.410 e. The number of carboxylic acid groups (broad SMARTS) is 1. The monoisotopic (exact) mass is 336 g/mol. The molecule has 7 heteroatoms. The smallest absolute Gasteiger partial charge is 0.410 e. The molecule has 1 N–H and O–H groups in total. The van der Waals surface area contributed by atoms with Gasteiger partial charge >= 0.3 is 12.1 Å². The Labute approximate surface area is 141 Å². The fourth-order valence-corrected chi connectivity index (χ4v) is 2.55. The lowest BCUT2D eigenvalue weighted by atomic mass is 10.1. The number of nitrogens with zero attached hydrogens (tertiary/aromatic N) is 2. The van der Waals surface area contributed by atoms with Crippen LogP contribution in [0.3, 0.4) is 0 Å². The van der Waals surface area contributed by atoms with Crippen molar-refractivity contribution in [3.63, 3.8) is 0 Å². The molecular weight excluding hydrogens is 312 g/mol. The minimum absolute atomic E-state index is 0.195. The van der Waals surface area contributed by atoms with E-state index in [1.165, 1.54) is 13.2 Å². The van der Waals surface area contributed by atoms with Gasteiger partial charge in [0.1, 0.15) is 11.4 Å². The predicted octanol–water partition coefficient (Wildman–Crippen LogP) is 2.45. The number of piperazine rings is 1. The van der Waals surface area contributed by atoms with E-state index in [0.717, 1.165) is 0 Å². The number of benzene rings is 1. The number of rotatable bonds is 3. The minimum atomic E-state index is -1.00. The molecular formula is C17H24N2O5. The van der Waals surface area contributed by atoms with E-state index < -0.39 is 11.6 Å². The molecule has 0 atom stereocenters. The molecule has 0 spiro atoms. The van der Waals surface area contributed by atoms with Crippen molar-refractivity contribution in [1.82, 2.24) is 4.90 Å². The molecule has 0 unspecified atom stereocenters.